The summed E-state index contributed by atoms with van der Waals surface area (Å²) in [7, 11) is 3.17. The first kappa shape index (κ1) is 19.8. The van der Waals surface area contributed by atoms with Crippen molar-refractivity contribution < 1.29 is 14.3 Å². The molecule has 0 spiro atoms. The molecule has 0 atom stereocenters. The van der Waals surface area contributed by atoms with Crippen molar-refractivity contribution in [3.63, 3.8) is 0 Å². The molecule has 140 valence electrons. The van der Waals surface area contributed by atoms with E-state index in [0.717, 1.165) is 6.54 Å². The SMILES string of the molecule is COc1ccc(NC(=O)CCN(Cc2ccccc2)C(C)C)c(OC)c1. The predicted octanol–water partition coefficient (Wildman–Crippen LogP) is 3.94. The molecule has 1 amide bonds. The van der Waals surface area contributed by atoms with Gasteiger partial charge in [-0.1, -0.05) is 30.3 Å². The van der Waals surface area contributed by atoms with E-state index in [-0.39, 0.29) is 5.91 Å². The summed E-state index contributed by atoms with van der Waals surface area (Å²) in [4.78, 5) is 14.7. The molecule has 2 aromatic carbocycles. The van der Waals surface area contributed by atoms with Gasteiger partial charge in [-0.05, 0) is 31.5 Å². The molecule has 0 fully saturated rings. The molecule has 2 rings (SSSR count). The molecule has 0 radical (unpaired) electrons. The van der Waals surface area contributed by atoms with Gasteiger partial charge in [0.15, 0.2) is 0 Å². The van der Waals surface area contributed by atoms with Gasteiger partial charge in [0, 0.05) is 31.6 Å². The van der Waals surface area contributed by atoms with Crippen LogP contribution in [0.25, 0.3) is 0 Å². The highest BCUT2D eigenvalue weighted by atomic mass is 16.5. The lowest BCUT2D eigenvalue weighted by Gasteiger charge is -2.26. The smallest absolute Gasteiger partial charge is 0.225 e. The number of carbonyl (C=O) groups excluding carboxylic acids is 1. The number of carbonyl (C=O) groups is 1. The van der Waals surface area contributed by atoms with Crippen LogP contribution in [-0.2, 0) is 11.3 Å². The van der Waals surface area contributed by atoms with Gasteiger partial charge in [0.05, 0.1) is 19.9 Å². The second-order valence-corrected chi connectivity index (χ2v) is 6.41. The van der Waals surface area contributed by atoms with Gasteiger partial charge in [0.1, 0.15) is 11.5 Å². The molecule has 0 heterocycles. The summed E-state index contributed by atoms with van der Waals surface area (Å²) in [6.07, 6.45) is 0.417. The van der Waals surface area contributed by atoms with Gasteiger partial charge >= 0.3 is 0 Å². The molecule has 2 aromatic rings. The predicted molar refractivity (Wildman–Crippen MR) is 105 cm³/mol. The zero-order valence-corrected chi connectivity index (χ0v) is 16.0. The third-order valence-corrected chi connectivity index (χ3v) is 4.27. The Morgan fingerprint density at radius 3 is 2.42 bits per heavy atom. The number of hydrogen-bond donors (Lipinski definition) is 1. The fourth-order valence-corrected chi connectivity index (χ4v) is 2.70. The van der Waals surface area contributed by atoms with Crippen LogP contribution >= 0.6 is 0 Å². The van der Waals surface area contributed by atoms with Crippen LogP contribution < -0.4 is 14.8 Å². The molecule has 0 aliphatic carbocycles. The Kier molecular flexibility index (Phi) is 7.48. The first-order valence-corrected chi connectivity index (χ1v) is 8.83. The van der Waals surface area contributed by atoms with Crippen molar-refractivity contribution in [2.75, 3.05) is 26.1 Å². The lowest BCUT2D eigenvalue weighted by molar-refractivity contribution is -0.116. The normalized spacial score (nSPS) is 10.8. The molecule has 0 saturated heterocycles. The number of anilines is 1. The van der Waals surface area contributed by atoms with Crippen molar-refractivity contribution in [3.8, 4) is 11.5 Å². The van der Waals surface area contributed by atoms with Gasteiger partial charge < -0.3 is 14.8 Å². The quantitative estimate of drug-likeness (QED) is 0.739. The molecule has 0 saturated carbocycles. The fraction of sp³-hybridized carbons (Fsp3) is 0.381. The monoisotopic (exact) mass is 356 g/mol. The number of benzene rings is 2. The number of methoxy groups -OCH3 is 2. The van der Waals surface area contributed by atoms with E-state index in [4.69, 9.17) is 9.47 Å². The van der Waals surface area contributed by atoms with Crippen LogP contribution in [0.1, 0.15) is 25.8 Å². The van der Waals surface area contributed by atoms with Gasteiger partial charge in [0.25, 0.3) is 0 Å². The van der Waals surface area contributed by atoms with Gasteiger partial charge in [0.2, 0.25) is 5.91 Å². The Bertz CT molecular complexity index is 702. The van der Waals surface area contributed by atoms with E-state index in [0.29, 0.717) is 36.2 Å². The van der Waals surface area contributed by atoms with E-state index in [2.05, 4.69) is 36.2 Å². The standard InChI is InChI=1S/C21H28N2O3/c1-16(2)23(15-17-8-6-5-7-9-17)13-12-21(24)22-19-11-10-18(25-3)14-20(19)26-4/h5-11,14,16H,12-13,15H2,1-4H3,(H,22,24). The summed E-state index contributed by atoms with van der Waals surface area (Å²) < 4.78 is 10.5. The Hall–Kier alpha value is -2.53. The van der Waals surface area contributed by atoms with Crippen LogP contribution in [0.2, 0.25) is 0 Å². The summed E-state index contributed by atoms with van der Waals surface area (Å²) in [5.41, 5.74) is 1.90. The Morgan fingerprint density at radius 2 is 1.81 bits per heavy atom. The number of hydrogen-bond acceptors (Lipinski definition) is 4. The van der Waals surface area contributed by atoms with Crippen molar-refractivity contribution in [2.24, 2.45) is 0 Å². The molecule has 0 aromatic heterocycles. The zero-order chi connectivity index (χ0) is 18.9. The van der Waals surface area contributed by atoms with Crippen molar-refractivity contribution in [2.45, 2.75) is 32.9 Å². The van der Waals surface area contributed by atoms with Gasteiger partial charge in [-0.15, -0.1) is 0 Å². The molecule has 0 unspecified atom stereocenters. The lowest BCUT2D eigenvalue weighted by atomic mass is 10.2. The lowest BCUT2D eigenvalue weighted by Crippen LogP contribution is -2.33. The van der Waals surface area contributed by atoms with Crippen LogP contribution in [0.4, 0.5) is 5.69 Å². The van der Waals surface area contributed by atoms with Crippen LogP contribution in [0.3, 0.4) is 0 Å². The highest BCUT2D eigenvalue weighted by Gasteiger charge is 2.14. The number of rotatable bonds is 9. The summed E-state index contributed by atoms with van der Waals surface area (Å²) in [5, 5.41) is 2.92. The highest BCUT2D eigenvalue weighted by Crippen LogP contribution is 2.29. The van der Waals surface area contributed by atoms with E-state index < -0.39 is 0 Å². The third-order valence-electron chi connectivity index (χ3n) is 4.27. The maximum atomic E-state index is 12.4. The molecule has 5 nitrogen and oxygen atoms in total. The fourth-order valence-electron chi connectivity index (χ4n) is 2.70. The summed E-state index contributed by atoms with van der Waals surface area (Å²) >= 11 is 0. The maximum absolute atomic E-state index is 12.4. The van der Waals surface area contributed by atoms with Crippen LogP contribution in [0.15, 0.2) is 48.5 Å². The van der Waals surface area contributed by atoms with Crippen molar-refractivity contribution in [1.29, 1.82) is 0 Å². The molecule has 5 heteroatoms. The Labute approximate surface area is 155 Å². The Balaban J connectivity index is 1.94. The van der Waals surface area contributed by atoms with E-state index >= 15 is 0 Å². The maximum Gasteiger partial charge on any atom is 0.225 e. The van der Waals surface area contributed by atoms with Gasteiger partial charge in [-0.2, -0.15) is 0 Å². The van der Waals surface area contributed by atoms with E-state index in [9.17, 15) is 4.79 Å². The average Bonchev–Trinajstić information content (AvgIpc) is 2.66. The van der Waals surface area contributed by atoms with E-state index in [1.54, 1.807) is 32.4 Å². The molecule has 0 aliphatic heterocycles. The summed E-state index contributed by atoms with van der Waals surface area (Å²) in [6, 6.07) is 16.0. The first-order chi connectivity index (χ1) is 12.5. The van der Waals surface area contributed by atoms with Crippen LogP contribution in [0.5, 0.6) is 11.5 Å². The molecule has 26 heavy (non-hydrogen) atoms. The molecular formula is C21H28N2O3. The Morgan fingerprint density at radius 1 is 1.08 bits per heavy atom. The third kappa shape index (κ3) is 5.77. The minimum Gasteiger partial charge on any atom is -0.497 e. The van der Waals surface area contributed by atoms with Crippen LogP contribution in [0, 0.1) is 0 Å². The van der Waals surface area contributed by atoms with E-state index in [1.807, 2.05) is 18.2 Å². The molecule has 0 aliphatic rings. The number of amides is 1. The average molecular weight is 356 g/mol. The van der Waals surface area contributed by atoms with Gasteiger partial charge in [-0.25, -0.2) is 0 Å². The van der Waals surface area contributed by atoms with E-state index in [1.165, 1.54) is 5.56 Å². The number of nitrogens with zero attached hydrogens (tertiary/aromatic N) is 1. The van der Waals surface area contributed by atoms with Crippen molar-refractivity contribution in [1.82, 2.24) is 4.90 Å². The van der Waals surface area contributed by atoms with Crippen LogP contribution in [-0.4, -0.2) is 37.6 Å². The largest absolute Gasteiger partial charge is 0.497 e. The summed E-state index contributed by atoms with van der Waals surface area (Å²) in [6.45, 7) is 5.81. The highest BCUT2D eigenvalue weighted by molar-refractivity contribution is 5.92. The van der Waals surface area contributed by atoms with Crippen molar-refractivity contribution >= 4 is 11.6 Å². The molecular weight excluding hydrogens is 328 g/mol. The first-order valence-electron chi connectivity index (χ1n) is 8.83. The number of ether oxygens (including phenoxy) is 2. The zero-order valence-electron chi connectivity index (χ0n) is 16.0. The summed E-state index contributed by atoms with van der Waals surface area (Å²) in [5.74, 6) is 1.24. The molecule has 1 N–H and O–H groups in total. The second kappa shape index (κ2) is 9.82. The van der Waals surface area contributed by atoms with Gasteiger partial charge in [-0.3, -0.25) is 9.69 Å². The number of nitrogens with one attached hydrogen (secondary N) is 1. The second-order valence-electron chi connectivity index (χ2n) is 6.41. The topological polar surface area (TPSA) is 50.8 Å². The minimum atomic E-state index is -0.0350. The minimum absolute atomic E-state index is 0.0350. The van der Waals surface area contributed by atoms with Crippen molar-refractivity contribution in [3.05, 3.63) is 54.1 Å². The molecule has 0 bridgehead atoms.